The summed E-state index contributed by atoms with van der Waals surface area (Å²) in [7, 11) is -1.87. The monoisotopic (exact) mass is 456 g/mol. The van der Waals surface area contributed by atoms with Crippen LogP contribution in [0.3, 0.4) is 0 Å². The van der Waals surface area contributed by atoms with E-state index in [1.165, 1.54) is 18.0 Å². The minimum Gasteiger partial charge on any atom is -0.305 e. The highest BCUT2D eigenvalue weighted by Crippen LogP contribution is 2.34. The molecule has 3 amide bonds. The molecule has 1 aromatic heterocycles. The topological polar surface area (TPSA) is 90.9 Å². The Labute approximate surface area is 176 Å². The summed E-state index contributed by atoms with van der Waals surface area (Å²) >= 11 is 0. The summed E-state index contributed by atoms with van der Waals surface area (Å²) in [6.45, 7) is 1.99. The van der Waals surface area contributed by atoms with Crippen LogP contribution in [-0.4, -0.2) is 55.9 Å². The van der Waals surface area contributed by atoms with Crippen LogP contribution < -0.4 is 9.80 Å². The summed E-state index contributed by atoms with van der Waals surface area (Å²) in [5.41, 5.74) is -4.31. The molecule has 1 unspecified atom stereocenters. The van der Waals surface area contributed by atoms with Crippen LogP contribution in [0.4, 0.5) is 29.3 Å². The van der Waals surface area contributed by atoms with E-state index < -0.39 is 38.2 Å². The van der Waals surface area contributed by atoms with Gasteiger partial charge in [-0.15, -0.1) is 0 Å². The van der Waals surface area contributed by atoms with Crippen LogP contribution >= 0.6 is 0 Å². The molecule has 0 radical (unpaired) electrons. The molecular formula is C19H19F3N4O4S. The van der Waals surface area contributed by atoms with Gasteiger partial charge in [-0.25, -0.2) is 18.1 Å². The third kappa shape index (κ3) is 4.00. The van der Waals surface area contributed by atoms with Gasteiger partial charge in [0.25, 0.3) is 15.7 Å². The maximum atomic E-state index is 13.1. The average molecular weight is 456 g/mol. The summed E-state index contributed by atoms with van der Waals surface area (Å²) in [5, 5.41) is 0. The maximum Gasteiger partial charge on any atom is 0.501 e. The molecule has 1 aromatic carbocycles. The molecule has 0 N–H and O–H groups in total. The number of benzene rings is 1. The van der Waals surface area contributed by atoms with E-state index in [0.29, 0.717) is 17.8 Å². The van der Waals surface area contributed by atoms with Crippen molar-refractivity contribution in [3.05, 3.63) is 48.3 Å². The summed E-state index contributed by atoms with van der Waals surface area (Å²) in [4.78, 5) is 33.0. The number of anilines is 2. The summed E-state index contributed by atoms with van der Waals surface area (Å²) < 4.78 is 61.3. The fraction of sp³-hybridized carbons (Fsp3) is 0.316. The Morgan fingerprint density at radius 1 is 1.10 bits per heavy atom. The lowest BCUT2D eigenvalue weighted by Gasteiger charge is -2.23. The lowest BCUT2D eigenvalue weighted by Crippen LogP contribution is -2.35. The SMILES string of the molecule is CC1C(=O)N(c2ccc(S(=O)(=O)C(F)(F)F)cc2)C(=O)N1c1ccncc1CN(C)C. The molecule has 1 atom stereocenters. The number of hydrogen-bond acceptors (Lipinski definition) is 6. The zero-order valence-corrected chi connectivity index (χ0v) is 17.6. The maximum absolute atomic E-state index is 13.1. The lowest BCUT2D eigenvalue weighted by molar-refractivity contribution is -0.117. The number of alkyl halides is 3. The van der Waals surface area contributed by atoms with Crippen molar-refractivity contribution in [3.63, 3.8) is 0 Å². The molecule has 0 bridgehead atoms. The van der Waals surface area contributed by atoms with Gasteiger partial charge in [-0.3, -0.25) is 14.7 Å². The number of sulfone groups is 1. The van der Waals surface area contributed by atoms with Crippen molar-refractivity contribution in [1.82, 2.24) is 9.88 Å². The van der Waals surface area contributed by atoms with E-state index in [4.69, 9.17) is 0 Å². The van der Waals surface area contributed by atoms with Crippen LogP contribution in [0.2, 0.25) is 0 Å². The predicted octanol–water partition coefficient (Wildman–Crippen LogP) is 2.80. The smallest absolute Gasteiger partial charge is 0.305 e. The highest BCUT2D eigenvalue weighted by atomic mass is 32.2. The average Bonchev–Trinajstić information content (AvgIpc) is 2.90. The van der Waals surface area contributed by atoms with Gasteiger partial charge in [-0.05, 0) is 51.4 Å². The Kier molecular flexibility index (Phi) is 5.80. The molecule has 2 heterocycles. The Hall–Kier alpha value is -2.99. The van der Waals surface area contributed by atoms with Crippen LogP contribution in [0.15, 0.2) is 47.6 Å². The van der Waals surface area contributed by atoms with Crippen molar-refractivity contribution in [2.75, 3.05) is 23.9 Å². The number of imide groups is 1. The first-order valence-electron chi connectivity index (χ1n) is 9.02. The number of urea groups is 1. The highest BCUT2D eigenvalue weighted by molar-refractivity contribution is 7.92. The molecule has 0 spiro atoms. The minimum absolute atomic E-state index is 0.0336. The first kappa shape index (κ1) is 22.7. The molecular weight excluding hydrogens is 437 g/mol. The molecule has 12 heteroatoms. The fourth-order valence-electron chi connectivity index (χ4n) is 3.24. The number of rotatable bonds is 5. The third-order valence-corrected chi connectivity index (χ3v) is 6.20. The molecule has 166 valence electrons. The number of pyridine rings is 1. The molecule has 8 nitrogen and oxygen atoms in total. The molecule has 1 aliphatic rings. The fourth-order valence-corrected chi connectivity index (χ4v) is 4.00. The van der Waals surface area contributed by atoms with Crippen molar-refractivity contribution >= 4 is 33.2 Å². The highest BCUT2D eigenvalue weighted by Gasteiger charge is 2.48. The van der Waals surface area contributed by atoms with Crippen molar-refractivity contribution in [3.8, 4) is 0 Å². The molecule has 2 aromatic rings. The van der Waals surface area contributed by atoms with Crippen LogP contribution in [0.5, 0.6) is 0 Å². The van der Waals surface area contributed by atoms with Crippen molar-refractivity contribution in [2.45, 2.75) is 29.9 Å². The van der Waals surface area contributed by atoms with E-state index in [9.17, 15) is 31.2 Å². The van der Waals surface area contributed by atoms with E-state index in [2.05, 4.69) is 4.98 Å². The van der Waals surface area contributed by atoms with Crippen LogP contribution in [0, 0.1) is 0 Å². The Bertz CT molecular complexity index is 1120. The Morgan fingerprint density at radius 2 is 1.71 bits per heavy atom. The van der Waals surface area contributed by atoms with E-state index in [0.717, 1.165) is 29.2 Å². The van der Waals surface area contributed by atoms with Crippen molar-refractivity contribution < 1.29 is 31.2 Å². The molecule has 3 rings (SSSR count). The number of halogens is 3. The summed E-state index contributed by atoms with van der Waals surface area (Å²) in [6, 6.07) is 3.45. The van der Waals surface area contributed by atoms with Gasteiger partial charge >= 0.3 is 11.5 Å². The zero-order valence-electron chi connectivity index (χ0n) is 16.8. The number of hydrogen-bond donors (Lipinski definition) is 0. The number of carbonyl (C=O) groups is 2. The minimum atomic E-state index is -5.54. The molecule has 1 saturated heterocycles. The van der Waals surface area contributed by atoms with E-state index in [1.807, 2.05) is 19.0 Å². The van der Waals surface area contributed by atoms with Gasteiger partial charge in [-0.1, -0.05) is 0 Å². The van der Waals surface area contributed by atoms with Crippen LogP contribution in [-0.2, 0) is 21.2 Å². The van der Waals surface area contributed by atoms with Crippen molar-refractivity contribution in [2.24, 2.45) is 0 Å². The molecule has 1 fully saturated rings. The van der Waals surface area contributed by atoms with Gasteiger partial charge in [0.05, 0.1) is 16.3 Å². The largest absolute Gasteiger partial charge is 0.501 e. The van der Waals surface area contributed by atoms with Gasteiger partial charge in [0.1, 0.15) is 6.04 Å². The van der Waals surface area contributed by atoms with Gasteiger partial charge in [0.2, 0.25) is 0 Å². The number of nitrogens with zero attached hydrogens (tertiary/aromatic N) is 4. The number of amides is 3. The van der Waals surface area contributed by atoms with Gasteiger partial charge in [-0.2, -0.15) is 13.2 Å². The second kappa shape index (κ2) is 7.93. The molecule has 0 saturated carbocycles. The second-order valence-electron chi connectivity index (χ2n) is 7.19. The first-order valence-corrected chi connectivity index (χ1v) is 10.5. The predicted molar refractivity (Wildman–Crippen MR) is 106 cm³/mol. The Morgan fingerprint density at radius 3 is 2.26 bits per heavy atom. The Balaban J connectivity index is 1.97. The number of carbonyl (C=O) groups excluding carboxylic acids is 2. The molecule has 31 heavy (non-hydrogen) atoms. The summed E-state index contributed by atoms with van der Waals surface area (Å²) in [5.74, 6) is -0.593. The lowest BCUT2D eigenvalue weighted by atomic mass is 10.2. The van der Waals surface area contributed by atoms with E-state index in [1.54, 1.807) is 12.3 Å². The van der Waals surface area contributed by atoms with E-state index in [-0.39, 0.29) is 5.69 Å². The van der Waals surface area contributed by atoms with E-state index >= 15 is 0 Å². The second-order valence-corrected chi connectivity index (χ2v) is 9.13. The number of aromatic nitrogens is 1. The molecule has 0 aliphatic carbocycles. The third-order valence-electron chi connectivity index (χ3n) is 4.70. The van der Waals surface area contributed by atoms with Gasteiger partial charge < -0.3 is 4.90 Å². The van der Waals surface area contributed by atoms with Crippen LogP contribution in [0.25, 0.3) is 0 Å². The normalized spacial score (nSPS) is 17.7. The van der Waals surface area contributed by atoms with Gasteiger partial charge in [0, 0.05) is 24.5 Å². The first-order chi connectivity index (χ1) is 14.4. The standard InChI is InChI=1S/C19H19F3N4O4S/c1-12-17(27)26(14-4-6-15(7-5-14)31(29,30)19(20,21)22)18(28)25(12)16-8-9-23-10-13(16)11-24(2)3/h4-10,12H,11H2,1-3H3. The quantitative estimate of drug-likeness (QED) is 0.643. The summed E-state index contributed by atoms with van der Waals surface area (Å²) in [6.07, 6.45) is 3.07. The molecule has 1 aliphatic heterocycles. The van der Waals surface area contributed by atoms with Crippen molar-refractivity contribution in [1.29, 1.82) is 0 Å². The zero-order chi connectivity index (χ0) is 23.1. The van der Waals surface area contributed by atoms with Gasteiger partial charge in [0.15, 0.2) is 0 Å². The van der Waals surface area contributed by atoms with Crippen LogP contribution in [0.1, 0.15) is 12.5 Å².